The monoisotopic (exact) mass is 580 g/mol. The van der Waals surface area contributed by atoms with Gasteiger partial charge >= 0.3 is 12.1 Å². The van der Waals surface area contributed by atoms with Gasteiger partial charge in [0.25, 0.3) is 0 Å². The summed E-state index contributed by atoms with van der Waals surface area (Å²) in [4.78, 5) is 31.3. The van der Waals surface area contributed by atoms with Crippen LogP contribution >= 0.6 is 0 Å². The first-order valence-electron chi connectivity index (χ1n) is 14.5. The number of esters is 1. The predicted molar refractivity (Wildman–Crippen MR) is 165 cm³/mol. The van der Waals surface area contributed by atoms with Gasteiger partial charge in [0.1, 0.15) is 12.4 Å². The van der Waals surface area contributed by atoms with Crippen LogP contribution in [0.1, 0.15) is 37.0 Å². The molecule has 1 aliphatic carbocycles. The van der Waals surface area contributed by atoms with Gasteiger partial charge in [0.2, 0.25) is 0 Å². The highest BCUT2D eigenvalue weighted by Gasteiger charge is 2.24. The molecular formula is C35H36N2O6. The first kappa shape index (κ1) is 29.6. The molecule has 2 aliphatic rings. The first-order chi connectivity index (χ1) is 20.9. The molecule has 1 fully saturated rings. The number of carbonyl (C=O) groups is 2. The second-order valence-corrected chi connectivity index (χ2v) is 10.5. The molecule has 3 aromatic rings. The summed E-state index contributed by atoms with van der Waals surface area (Å²) in [6.07, 6.45) is 7.04. The van der Waals surface area contributed by atoms with E-state index in [1.807, 2.05) is 42.5 Å². The number of allylic oxidation sites excluding steroid dienone is 4. The van der Waals surface area contributed by atoms with E-state index < -0.39 is 0 Å². The van der Waals surface area contributed by atoms with Crippen LogP contribution in [0.15, 0.2) is 95.5 Å². The minimum Gasteiger partial charge on any atom is -0.493 e. The summed E-state index contributed by atoms with van der Waals surface area (Å²) in [5.41, 5.74) is 5.33. The number of ether oxygens (including phenoxy) is 4. The molecule has 0 radical (unpaired) electrons. The Kier molecular flexibility index (Phi) is 9.56. The third-order valence-electron chi connectivity index (χ3n) is 7.22. The zero-order valence-electron chi connectivity index (χ0n) is 24.7. The minimum absolute atomic E-state index is 0.111. The van der Waals surface area contributed by atoms with Crippen molar-refractivity contribution in [2.75, 3.05) is 26.9 Å². The third-order valence-corrected chi connectivity index (χ3v) is 7.22. The van der Waals surface area contributed by atoms with Crippen molar-refractivity contribution in [2.45, 2.75) is 33.2 Å². The molecule has 5 rings (SSSR count). The van der Waals surface area contributed by atoms with Gasteiger partial charge < -0.3 is 23.8 Å². The van der Waals surface area contributed by atoms with Crippen LogP contribution in [0.4, 0.5) is 10.5 Å². The third kappa shape index (κ3) is 7.52. The summed E-state index contributed by atoms with van der Waals surface area (Å²) in [6.45, 7) is 5.39. The smallest absolute Gasteiger partial charge is 0.410 e. The molecule has 1 aliphatic heterocycles. The van der Waals surface area contributed by atoms with Gasteiger partial charge in [0.05, 0.1) is 44.6 Å². The molecule has 0 spiro atoms. The Balaban J connectivity index is 1.53. The van der Waals surface area contributed by atoms with Gasteiger partial charge in [-0.15, -0.1) is 0 Å². The fourth-order valence-corrected chi connectivity index (χ4v) is 5.11. The Hall–Kier alpha value is -4.85. The molecule has 0 saturated carbocycles. The minimum atomic E-state index is -0.369. The molecule has 8 nitrogen and oxygen atoms in total. The van der Waals surface area contributed by atoms with Crippen molar-refractivity contribution in [3.63, 3.8) is 0 Å². The molecule has 3 aromatic carbocycles. The zero-order chi connectivity index (χ0) is 30.2. The van der Waals surface area contributed by atoms with Crippen LogP contribution in [0.25, 0.3) is 0 Å². The Morgan fingerprint density at radius 1 is 1.05 bits per heavy atom. The van der Waals surface area contributed by atoms with E-state index in [1.165, 1.54) is 0 Å². The van der Waals surface area contributed by atoms with Gasteiger partial charge in [-0.25, -0.2) is 9.79 Å². The Morgan fingerprint density at radius 2 is 1.86 bits per heavy atom. The van der Waals surface area contributed by atoms with Crippen LogP contribution in [0.2, 0.25) is 0 Å². The summed E-state index contributed by atoms with van der Waals surface area (Å²) in [5.74, 6) is 1.60. The van der Waals surface area contributed by atoms with Crippen LogP contribution < -0.4 is 9.47 Å². The number of amides is 1. The van der Waals surface area contributed by atoms with Crippen molar-refractivity contribution in [3.8, 4) is 17.2 Å². The number of rotatable bonds is 11. The standard InChI is InChI=1S/C35H36N2O6/c1-4-41-33(38)21-25-13-15-31(40-3)32(20-25)43-30-16-14-29(22-28(30)23-37-17-18-42-35(37)39)36-34(26-10-6-5-7-11-26)27-12-8-9-24(2)19-27/h5-16,20,22,24H,4,17-19,21,23H2,1-3H3/b36-34+. The van der Waals surface area contributed by atoms with E-state index in [1.54, 1.807) is 31.1 Å². The van der Waals surface area contributed by atoms with Gasteiger partial charge in [0.15, 0.2) is 11.5 Å². The van der Waals surface area contributed by atoms with Crippen molar-refractivity contribution in [3.05, 3.63) is 107 Å². The second kappa shape index (κ2) is 13.9. The molecule has 1 unspecified atom stereocenters. The van der Waals surface area contributed by atoms with Crippen molar-refractivity contribution >= 4 is 23.5 Å². The number of carbonyl (C=O) groups excluding carboxylic acids is 2. The summed E-state index contributed by atoms with van der Waals surface area (Å²) < 4.78 is 22.3. The van der Waals surface area contributed by atoms with Crippen LogP contribution in [-0.2, 0) is 27.2 Å². The summed E-state index contributed by atoms with van der Waals surface area (Å²) in [7, 11) is 1.56. The molecule has 222 valence electrons. The van der Waals surface area contributed by atoms with Crippen LogP contribution in [0.5, 0.6) is 17.2 Å². The lowest BCUT2D eigenvalue weighted by molar-refractivity contribution is -0.142. The molecule has 1 saturated heterocycles. The van der Waals surface area contributed by atoms with E-state index in [2.05, 4.69) is 37.3 Å². The lowest BCUT2D eigenvalue weighted by Crippen LogP contribution is -2.23. The van der Waals surface area contributed by atoms with Crippen molar-refractivity contribution < 1.29 is 28.5 Å². The normalized spacial score (nSPS) is 16.5. The van der Waals surface area contributed by atoms with Crippen LogP contribution in [0.3, 0.4) is 0 Å². The van der Waals surface area contributed by atoms with Crippen molar-refractivity contribution in [1.29, 1.82) is 0 Å². The number of hydrogen-bond acceptors (Lipinski definition) is 7. The van der Waals surface area contributed by atoms with Gasteiger partial charge in [-0.3, -0.25) is 4.79 Å². The number of aliphatic imine (C=N–C) groups is 1. The molecule has 43 heavy (non-hydrogen) atoms. The van der Waals surface area contributed by atoms with Gasteiger partial charge in [-0.05, 0) is 60.7 Å². The maximum Gasteiger partial charge on any atom is 0.410 e. The SMILES string of the molecule is CCOC(=O)Cc1ccc(OC)c(Oc2ccc(/N=C(/C3=CC=CC(C)C3)c3ccccc3)cc2CN2CCOC2=O)c1. The number of hydrogen-bond donors (Lipinski definition) is 0. The fourth-order valence-electron chi connectivity index (χ4n) is 5.11. The highest BCUT2D eigenvalue weighted by Crippen LogP contribution is 2.37. The molecule has 1 heterocycles. The van der Waals surface area contributed by atoms with E-state index >= 15 is 0 Å². The highest BCUT2D eigenvalue weighted by molar-refractivity contribution is 6.14. The molecule has 0 N–H and O–H groups in total. The van der Waals surface area contributed by atoms with Gasteiger partial charge in [-0.2, -0.15) is 0 Å². The highest BCUT2D eigenvalue weighted by atomic mass is 16.6. The lowest BCUT2D eigenvalue weighted by Gasteiger charge is -2.19. The Morgan fingerprint density at radius 3 is 2.58 bits per heavy atom. The summed E-state index contributed by atoms with van der Waals surface area (Å²) in [6, 6.07) is 21.2. The second-order valence-electron chi connectivity index (χ2n) is 10.5. The topological polar surface area (TPSA) is 86.7 Å². The molecule has 0 aromatic heterocycles. The van der Waals surface area contributed by atoms with Crippen LogP contribution in [0, 0.1) is 5.92 Å². The lowest BCUT2D eigenvalue weighted by atomic mass is 9.90. The molecule has 8 heteroatoms. The van der Waals surface area contributed by atoms with Crippen molar-refractivity contribution in [1.82, 2.24) is 4.90 Å². The van der Waals surface area contributed by atoms with Gasteiger partial charge in [0, 0.05) is 11.1 Å². The molecular weight excluding hydrogens is 544 g/mol. The average Bonchev–Trinajstić information content (AvgIpc) is 3.41. The molecule has 1 atom stereocenters. The van der Waals surface area contributed by atoms with E-state index in [4.69, 9.17) is 23.9 Å². The molecule has 1 amide bonds. The van der Waals surface area contributed by atoms with E-state index in [0.29, 0.717) is 42.9 Å². The Bertz CT molecular complexity index is 1560. The van der Waals surface area contributed by atoms with Crippen LogP contribution in [-0.4, -0.2) is 49.5 Å². The number of cyclic esters (lactones) is 1. The maximum absolute atomic E-state index is 12.4. The molecule has 0 bridgehead atoms. The first-order valence-corrected chi connectivity index (χ1v) is 14.5. The van der Waals surface area contributed by atoms with E-state index in [9.17, 15) is 9.59 Å². The van der Waals surface area contributed by atoms with Crippen molar-refractivity contribution in [2.24, 2.45) is 10.9 Å². The number of nitrogens with zero attached hydrogens (tertiary/aromatic N) is 2. The number of methoxy groups -OCH3 is 1. The fraction of sp³-hybridized carbons (Fsp3) is 0.286. The number of benzene rings is 3. The predicted octanol–water partition coefficient (Wildman–Crippen LogP) is 7.19. The summed E-state index contributed by atoms with van der Waals surface area (Å²) in [5, 5.41) is 0. The summed E-state index contributed by atoms with van der Waals surface area (Å²) >= 11 is 0. The van der Waals surface area contributed by atoms with Gasteiger partial charge in [-0.1, -0.05) is 61.5 Å². The largest absolute Gasteiger partial charge is 0.493 e. The average molecular weight is 581 g/mol. The zero-order valence-corrected chi connectivity index (χ0v) is 24.7. The quantitative estimate of drug-likeness (QED) is 0.176. The Labute approximate surface area is 252 Å². The maximum atomic E-state index is 12.4. The van der Waals surface area contributed by atoms with E-state index in [-0.39, 0.29) is 25.0 Å². The van der Waals surface area contributed by atoms with E-state index in [0.717, 1.165) is 40.1 Å².